The highest BCUT2D eigenvalue weighted by molar-refractivity contribution is 8.45. The number of carbonyl (C=O) groups excluding carboxylic acids is 2. The summed E-state index contributed by atoms with van der Waals surface area (Å²) in [5.74, 6) is -2.64. The lowest BCUT2D eigenvalue weighted by molar-refractivity contribution is -0.757. The molecule has 1 unspecified atom stereocenters. The first-order valence-corrected chi connectivity index (χ1v) is 12.2. The fourth-order valence-corrected chi connectivity index (χ4v) is 3.73. The molecule has 1 heterocycles. The molecule has 0 saturated heterocycles. The summed E-state index contributed by atoms with van der Waals surface area (Å²) in [4.78, 5) is 35.5. The van der Waals surface area contributed by atoms with Crippen LogP contribution in [-0.4, -0.2) is 49.0 Å². The molecule has 1 aliphatic heterocycles. The number of halogens is 8. The van der Waals surface area contributed by atoms with E-state index >= 15 is 0 Å². The zero-order valence-electron chi connectivity index (χ0n) is 19.3. The van der Waals surface area contributed by atoms with E-state index in [4.69, 9.17) is 4.74 Å². The molecule has 19 heteroatoms. The Hall–Kier alpha value is -3.51. The van der Waals surface area contributed by atoms with Gasteiger partial charge in [0.15, 0.2) is 0 Å². The molecule has 216 valence electrons. The maximum Gasteiger partial charge on any atom is 0.511 e. The lowest BCUT2D eigenvalue weighted by Gasteiger charge is -2.41. The van der Waals surface area contributed by atoms with Crippen LogP contribution in [0.3, 0.4) is 0 Å². The van der Waals surface area contributed by atoms with Crippen molar-refractivity contribution in [2.75, 3.05) is 13.2 Å². The predicted molar refractivity (Wildman–Crippen MR) is 111 cm³/mol. The van der Waals surface area contributed by atoms with Crippen LogP contribution in [0.5, 0.6) is 5.75 Å². The van der Waals surface area contributed by atoms with Crippen LogP contribution in [0, 0.1) is 10.1 Å². The number of alkyl halides is 3. The van der Waals surface area contributed by atoms with Gasteiger partial charge in [-0.2, -0.15) is 13.2 Å². The van der Waals surface area contributed by atoms with Crippen LogP contribution in [0.4, 0.5) is 37.4 Å². The van der Waals surface area contributed by atoms with Gasteiger partial charge in [0.05, 0.1) is 18.8 Å². The zero-order valence-corrected chi connectivity index (χ0v) is 20.1. The smallest absolute Gasteiger partial charge is 0.475 e. The third kappa shape index (κ3) is 8.25. The second kappa shape index (κ2) is 9.99. The Kier molecular flexibility index (Phi) is 8.07. The third-order valence-electron chi connectivity index (χ3n) is 4.60. The van der Waals surface area contributed by atoms with Crippen LogP contribution >= 0.6 is 10.2 Å². The monoisotopic (exact) mass is 589 g/mol. The van der Waals surface area contributed by atoms with Crippen molar-refractivity contribution in [2.24, 2.45) is 0 Å². The number of fused-ring (bicyclic) bond motifs is 1. The summed E-state index contributed by atoms with van der Waals surface area (Å²) in [5.41, 5.74) is -2.91. The van der Waals surface area contributed by atoms with Gasteiger partial charge in [-0.25, -0.2) is 9.59 Å². The first-order valence-electron chi connectivity index (χ1n) is 10.3. The number of carbonyl (C=O) groups is 2. The lowest BCUT2D eigenvalue weighted by atomic mass is 9.98. The highest BCUT2D eigenvalue weighted by Gasteiger charge is 2.66. The second-order valence-electron chi connectivity index (χ2n) is 7.56. The molecule has 10 nitrogen and oxygen atoms in total. The standard InChI is InChI=1S/C19H19F8NO9S/c1-3-11-7-13(38(23,24,25,26)27)8-12-9-14(16(19(20,21)22)37-15(11)12)17(29)35-10(2)36-18(30)33-5-4-6-34-28(31)32/h7-10,16H,3-6H2,1-2H3/t10?,16-/m0/s1. The van der Waals surface area contributed by atoms with Gasteiger partial charge in [-0.1, -0.05) is 26.4 Å². The summed E-state index contributed by atoms with van der Waals surface area (Å²) in [6, 6.07) is -0.161. The van der Waals surface area contributed by atoms with Crippen LogP contribution in [-0.2, 0) is 30.3 Å². The van der Waals surface area contributed by atoms with E-state index in [1.165, 1.54) is 6.92 Å². The van der Waals surface area contributed by atoms with E-state index < -0.39 is 93.0 Å². The van der Waals surface area contributed by atoms with Crippen molar-refractivity contribution in [2.45, 2.75) is 50.2 Å². The molecular weight excluding hydrogens is 570 g/mol. The Morgan fingerprint density at radius 1 is 1.13 bits per heavy atom. The summed E-state index contributed by atoms with van der Waals surface area (Å²) in [6.45, 7) is 1.17. The molecule has 0 bridgehead atoms. The van der Waals surface area contributed by atoms with E-state index in [1.807, 2.05) is 0 Å². The number of rotatable bonds is 10. The van der Waals surface area contributed by atoms with Gasteiger partial charge in [-0.3, -0.25) is 0 Å². The highest BCUT2D eigenvalue weighted by Crippen LogP contribution is 3.02. The Balaban J connectivity index is 2.28. The van der Waals surface area contributed by atoms with Crippen molar-refractivity contribution in [3.8, 4) is 5.75 Å². The Bertz CT molecular complexity index is 1140. The van der Waals surface area contributed by atoms with Crippen LogP contribution in [0.2, 0.25) is 0 Å². The maximum absolute atomic E-state index is 13.6. The van der Waals surface area contributed by atoms with E-state index in [2.05, 4.69) is 19.0 Å². The average Bonchev–Trinajstić information content (AvgIpc) is 2.74. The van der Waals surface area contributed by atoms with Gasteiger partial charge in [0.25, 0.3) is 5.09 Å². The molecule has 0 N–H and O–H groups in total. The van der Waals surface area contributed by atoms with Crippen LogP contribution in [0.25, 0.3) is 6.08 Å². The van der Waals surface area contributed by atoms with Gasteiger partial charge in [-0.15, -0.1) is 10.1 Å². The van der Waals surface area contributed by atoms with E-state index in [1.54, 1.807) is 0 Å². The van der Waals surface area contributed by atoms with Crippen molar-refractivity contribution < 1.29 is 71.1 Å². The molecule has 2 atom stereocenters. The number of hydrogen-bond donors (Lipinski definition) is 0. The minimum atomic E-state index is -10.3. The number of benzene rings is 1. The largest absolute Gasteiger partial charge is 0.511 e. The molecule has 1 aromatic carbocycles. The van der Waals surface area contributed by atoms with Crippen molar-refractivity contribution >= 4 is 28.4 Å². The SMILES string of the molecule is CCc1cc(S(F)(F)(F)(F)F)cc2c1O[C@H](C(F)(F)F)C(C(=O)OC(C)OC(=O)OCCCO[N+](=O)[O-])=C2. The van der Waals surface area contributed by atoms with Crippen molar-refractivity contribution in [3.63, 3.8) is 0 Å². The van der Waals surface area contributed by atoms with Gasteiger partial charge in [0.1, 0.15) is 10.6 Å². The van der Waals surface area contributed by atoms with Crippen molar-refractivity contribution in [1.82, 2.24) is 0 Å². The minimum absolute atomic E-state index is 0.0178. The molecule has 0 spiro atoms. The Morgan fingerprint density at radius 2 is 1.76 bits per heavy atom. The first-order chi connectivity index (χ1) is 17.1. The van der Waals surface area contributed by atoms with Gasteiger partial charge in [0, 0.05) is 18.9 Å². The molecule has 1 aliphatic rings. The maximum atomic E-state index is 13.6. The molecule has 0 aromatic heterocycles. The average molecular weight is 589 g/mol. The fraction of sp³-hybridized carbons (Fsp3) is 0.474. The van der Waals surface area contributed by atoms with Gasteiger partial charge >= 0.3 is 28.5 Å². The molecular formula is C19H19F8NO9S. The topological polar surface area (TPSA) is 123 Å². The molecule has 0 amide bonds. The van der Waals surface area contributed by atoms with Crippen molar-refractivity contribution in [1.29, 1.82) is 0 Å². The number of ether oxygens (including phenoxy) is 4. The molecule has 2 rings (SSSR count). The third-order valence-corrected chi connectivity index (χ3v) is 5.72. The number of esters is 1. The molecule has 0 fully saturated rings. The summed E-state index contributed by atoms with van der Waals surface area (Å²) < 4.78 is 126. The predicted octanol–water partition coefficient (Wildman–Crippen LogP) is 6.25. The van der Waals surface area contributed by atoms with Gasteiger partial charge in [-0.05, 0) is 30.2 Å². The molecule has 0 radical (unpaired) electrons. The van der Waals surface area contributed by atoms with Gasteiger partial charge in [0.2, 0.25) is 12.4 Å². The lowest BCUT2D eigenvalue weighted by Crippen LogP contribution is -2.41. The van der Waals surface area contributed by atoms with Crippen LogP contribution < -0.4 is 4.74 Å². The summed E-state index contributed by atoms with van der Waals surface area (Å²) in [6.07, 6.45) is -12.1. The van der Waals surface area contributed by atoms with E-state index in [0.717, 1.165) is 6.92 Å². The van der Waals surface area contributed by atoms with Gasteiger partial charge < -0.3 is 23.8 Å². The van der Waals surface area contributed by atoms with Crippen LogP contribution in [0.1, 0.15) is 31.4 Å². The van der Waals surface area contributed by atoms with E-state index in [0.29, 0.717) is 0 Å². The van der Waals surface area contributed by atoms with E-state index in [9.17, 15) is 52.3 Å². The Labute approximate surface area is 208 Å². The second-order valence-corrected chi connectivity index (χ2v) is 9.97. The molecule has 0 saturated carbocycles. The molecule has 1 aromatic rings. The van der Waals surface area contributed by atoms with Crippen LogP contribution in [0.15, 0.2) is 22.6 Å². The number of aryl methyl sites for hydroxylation is 1. The fourth-order valence-electron chi connectivity index (χ4n) is 3.02. The molecule has 38 heavy (non-hydrogen) atoms. The summed E-state index contributed by atoms with van der Waals surface area (Å²) in [7, 11) is -10.3. The quantitative estimate of drug-likeness (QED) is 0.0778. The number of hydrogen-bond acceptors (Lipinski definition) is 9. The summed E-state index contributed by atoms with van der Waals surface area (Å²) in [5, 5.41) is 8.88. The minimum Gasteiger partial charge on any atom is -0.475 e. The summed E-state index contributed by atoms with van der Waals surface area (Å²) >= 11 is 0. The number of nitrogens with zero attached hydrogens (tertiary/aromatic N) is 1. The zero-order chi connectivity index (χ0) is 29.2. The van der Waals surface area contributed by atoms with E-state index in [-0.39, 0.29) is 24.6 Å². The molecule has 0 aliphatic carbocycles. The highest BCUT2D eigenvalue weighted by atomic mass is 32.5. The first kappa shape index (κ1) is 30.7. The Morgan fingerprint density at radius 3 is 2.29 bits per heavy atom. The normalized spacial score (nSPS) is 17.9. The van der Waals surface area contributed by atoms with Crippen molar-refractivity contribution in [3.05, 3.63) is 38.9 Å².